The highest BCUT2D eigenvalue weighted by Gasteiger charge is 2.13. The molecule has 0 aliphatic rings. The summed E-state index contributed by atoms with van der Waals surface area (Å²) in [6, 6.07) is 5.70. The zero-order valence-electron chi connectivity index (χ0n) is 9.38. The summed E-state index contributed by atoms with van der Waals surface area (Å²) >= 11 is 3.42. The SMILES string of the molecule is NCCn1cc(-c2nc3cccc(Br)c3o2)nn1. The predicted octanol–water partition coefficient (Wildman–Crippen LogP) is 1.81. The van der Waals surface area contributed by atoms with Gasteiger partial charge < -0.3 is 10.2 Å². The molecule has 3 rings (SSSR count). The zero-order valence-corrected chi connectivity index (χ0v) is 11.0. The quantitative estimate of drug-likeness (QED) is 0.798. The Balaban J connectivity index is 2.05. The van der Waals surface area contributed by atoms with Crippen molar-refractivity contribution in [3.8, 4) is 11.6 Å². The molecule has 18 heavy (non-hydrogen) atoms. The van der Waals surface area contributed by atoms with E-state index in [1.807, 2.05) is 18.2 Å². The topological polar surface area (TPSA) is 82.8 Å². The Morgan fingerprint density at radius 3 is 3.06 bits per heavy atom. The van der Waals surface area contributed by atoms with Crippen LogP contribution in [0, 0.1) is 0 Å². The van der Waals surface area contributed by atoms with Crippen LogP contribution in [0.25, 0.3) is 22.7 Å². The average molecular weight is 308 g/mol. The molecular weight excluding hydrogens is 298 g/mol. The van der Waals surface area contributed by atoms with Gasteiger partial charge in [-0.05, 0) is 28.1 Å². The molecular formula is C11H10BrN5O. The lowest BCUT2D eigenvalue weighted by molar-refractivity contribution is 0.598. The molecule has 0 saturated heterocycles. The van der Waals surface area contributed by atoms with Crippen LogP contribution in [0.5, 0.6) is 0 Å². The van der Waals surface area contributed by atoms with Gasteiger partial charge in [0.15, 0.2) is 11.3 Å². The third-order valence-corrected chi connectivity index (χ3v) is 3.11. The van der Waals surface area contributed by atoms with Crippen LogP contribution in [0.3, 0.4) is 0 Å². The third kappa shape index (κ3) is 1.91. The van der Waals surface area contributed by atoms with Gasteiger partial charge in [0.2, 0.25) is 5.89 Å². The van der Waals surface area contributed by atoms with Crippen LogP contribution in [0.4, 0.5) is 0 Å². The molecule has 1 aromatic carbocycles. The number of hydrogen-bond donors (Lipinski definition) is 1. The van der Waals surface area contributed by atoms with Gasteiger partial charge in [0.05, 0.1) is 17.2 Å². The van der Waals surface area contributed by atoms with Crippen LogP contribution in [0.1, 0.15) is 0 Å². The predicted molar refractivity (Wildman–Crippen MR) is 69.8 cm³/mol. The molecule has 0 aliphatic carbocycles. The second-order valence-electron chi connectivity index (χ2n) is 3.76. The first kappa shape index (κ1) is 11.4. The molecule has 0 fully saturated rings. The van der Waals surface area contributed by atoms with E-state index in [1.165, 1.54) is 0 Å². The lowest BCUT2D eigenvalue weighted by atomic mass is 10.3. The van der Waals surface area contributed by atoms with E-state index < -0.39 is 0 Å². The summed E-state index contributed by atoms with van der Waals surface area (Å²) < 4.78 is 8.21. The lowest BCUT2D eigenvalue weighted by Gasteiger charge is -1.92. The largest absolute Gasteiger partial charge is 0.433 e. The van der Waals surface area contributed by atoms with E-state index in [0.29, 0.717) is 30.3 Å². The monoisotopic (exact) mass is 307 g/mol. The standard InChI is InChI=1S/C11H10BrN5O/c12-7-2-1-3-8-10(7)18-11(14-8)9-6-17(5-4-13)16-15-9/h1-3,6H,4-5,13H2. The number of para-hydroxylation sites is 1. The number of nitrogens with two attached hydrogens (primary N) is 1. The highest BCUT2D eigenvalue weighted by atomic mass is 79.9. The van der Waals surface area contributed by atoms with Crippen molar-refractivity contribution in [3.63, 3.8) is 0 Å². The van der Waals surface area contributed by atoms with Crippen LogP contribution in [-0.4, -0.2) is 26.5 Å². The minimum Gasteiger partial charge on any atom is -0.433 e. The molecule has 3 aromatic rings. The van der Waals surface area contributed by atoms with Gasteiger partial charge >= 0.3 is 0 Å². The lowest BCUT2D eigenvalue weighted by Crippen LogP contribution is -2.10. The van der Waals surface area contributed by atoms with E-state index in [9.17, 15) is 0 Å². The van der Waals surface area contributed by atoms with Gasteiger partial charge in [-0.25, -0.2) is 4.98 Å². The molecule has 6 nitrogen and oxygen atoms in total. The van der Waals surface area contributed by atoms with E-state index in [1.54, 1.807) is 10.9 Å². The average Bonchev–Trinajstić information content (AvgIpc) is 2.96. The van der Waals surface area contributed by atoms with Gasteiger partial charge in [-0.15, -0.1) is 5.10 Å². The number of hydrogen-bond acceptors (Lipinski definition) is 5. The van der Waals surface area contributed by atoms with Gasteiger partial charge in [-0.3, -0.25) is 4.68 Å². The first-order chi connectivity index (χ1) is 8.78. The Hall–Kier alpha value is -1.73. The maximum absolute atomic E-state index is 5.67. The Labute approximate surface area is 111 Å². The summed E-state index contributed by atoms with van der Waals surface area (Å²) in [6.07, 6.45) is 1.77. The first-order valence-corrected chi connectivity index (χ1v) is 6.23. The number of fused-ring (bicyclic) bond motifs is 1. The minimum atomic E-state index is 0.458. The number of benzene rings is 1. The van der Waals surface area contributed by atoms with Crippen molar-refractivity contribution >= 4 is 27.0 Å². The van der Waals surface area contributed by atoms with Crippen LogP contribution >= 0.6 is 15.9 Å². The Morgan fingerprint density at radius 1 is 1.39 bits per heavy atom. The molecule has 2 heterocycles. The Morgan fingerprint density at radius 2 is 2.28 bits per heavy atom. The maximum atomic E-state index is 5.67. The number of aromatic nitrogens is 4. The van der Waals surface area contributed by atoms with Gasteiger partial charge in [-0.2, -0.15) is 0 Å². The molecule has 0 atom stereocenters. The van der Waals surface area contributed by atoms with Gasteiger partial charge in [0.1, 0.15) is 5.52 Å². The molecule has 7 heteroatoms. The van der Waals surface area contributed by atoms with Crippen molar-refractivity contribution < 1.29 is 4.42 Å². The fourth-order valence-corrected chi connectivity index (χ4v) is 2.10. The van der Waals surface area contributed by atoms with Crippen molar-refractivity contribution in [2.75, 3.05) is 6.54 Å². The van der Waals surface area contributed by atoms with Crippen molar-refractivity contribution in [1.82, 2.24) is 20.0 Å². The molecule has 0 saturated carbocycles. The van der Waals surface area contributed by atoms with E-state index in [0.717, 1.165) is 9.99 Å². The summed E-state index contributed by atoms with van der Waals surface area (Å²) in [5.74, 6) is 0.458. The second-order valence-corrected chi connectivity index (χ2v) is 4.62. The fraction of sp³-hybridized carbons (Fsp3) is 0.182. The summed E-state index contributed by atoms with van der Waals surface area (Å²) in [4.78, 5) is 4.37. The van der Waals surface area contributed by atoms with Gasteiger partial charge in [0, 0.05) is 6.54 Å². The first-order valence-electron chi connectivity index (χ1n) is 5.43. The van der Waals surface area contributed by atoms with Gasteiger partial charge in [0.25, 0.3) is 0 Å². The number of rotatable bonds is 3. The van der Waals surface area contributed by atoms with Crippen LogP contribution in [-0.2, 0) is 6.54 Å². The van der Waals surface area contributed by atoms with Crippen LogP contribution < -0.4 is 5.73 Å². The number of oxazole rings is 1. The molecule has 0 unspecified atom stereocenters. The van der Waals surface area contributed by atoms with Crippen LogP contribution in [0.2, 0.25) is 0 Å². The number of halogens is 1. The van der Waals surface area contributed by atoms with Crippen molar-refractivity contribution in [3.05, 3.63) is 28.9 Å². The highest BCUT2D eigenvalue weighted by Crippen LogP contribution is 2.28. The molecule has 2 N–H and O–H groups in total. The number of nitrogens with zero attached hydrogens (tertiary/aromatic N) is 4. The Kier molecular flexibility index (Phi) is 2.85. The molecule has 0 spiro atoms. The molecule has 0 bridgehead atoms. The molecule has 0 radical (unpaired) electrons. The molecule has 92 valence electrons. The summed E-state index contributed by atoms with van der Waals surface area (Å²) in [6.45, 7) is 1.14. The minimum absolute atomic E-state index is 0.458. The van der Waals surface area contributed by atoms with Crippen molar-refractivity contribution in [2.45, 2.75) is 6.54 Å². The van der Waals surface area contributed by atoms with E-state index in [-0.39, 0.29) is 0 Å². The van der Waals surface area contributed by atoms with Gasteiger partial charge in [-0.1, -0.05) is 11.3 Å². The van der Waals surface area contributed by atoms with Crippen molar-refractivity contribution in [2.24, 2.45) is 5.73 Å². The van der Waals surface area contributed by atoms with Crippen molar-refractivity contribution in [1.29, 1.82) is 0 Å². The van der Waals surface area contributed by atoms with Crippen LogP contribution in [0.15, 0.2) is 33.3 Å². The summed E-state index contributed by atoms with van der Waals surface area (Å²) in [7, 11) is 0. The highest BCUT2D eigenvalue weighted by molar-refractivity contribution is 9.10. The summed E-state index contributed by atoms with van der Waals surface area (Å²) in [5.41, 5.74) is 7.55. The van der Waals surface area contributed by atoms with E-state index in [2.05, 4.69) is 31.2 Å². The van der Waals surface area contributed by atoms with E-state index in [4.69, 9.17) is 10.2 Å². The normalized spacial score (nSPS) is 11.2. The third-order valence-electron chi connectivity index (χ3n) is 2.48. The molecule has 0 amide bonds. The fourth-order valence-electron chi connectivity index (χ4n) is 1.66. The Bertz CT molecular complexity index is 690. The smallest absolute Gasteiger partial charge is 0.249 e. The second kappa shape index (κ2) is 4.51. The van der Waals surface area contributed by atoms with E-state index >= 15 is 0 Å². The molecule has 2 aromatic heterocycles. The molecule has 0 aliphatic heterocycles. The zero-order chi connectivity index (χ0) is 12.5. The summed E-state index contributed by atoms with van der Waals surface area (Å²) in [5, 5.41) is 7.97. The maximum Gasteiger partial charge on any atom is 0.249 e.